The molecule has 6 nitrogen and oxygen atoms in total. The van der Waals surface area contributed by atoms with Crippen LogP contribution < -0.4 is 10.6 Å². The van der Waals surface area contributed by atoms with Crippen molar-refractivity contribution >= 4 is 35.6 Å². The van der Waals surface area contributed by atoms with Gasteiger partial charge in [0.05, 0.1) is 0 Å². The second kappa shape index (κ2) is 8.67. The van der Waals surface area contributed by atoms with Gasteiger partial charge in [0.15, 0.2) is 6.10 Å². The molecule has 0 aromatic heterocycles. The van der Waals surface area contributed by atoms with Crippen LogP contribution in [0.5, 0.6) is 0 Å². The third kappa shape index (κ3) is 7.85. The van der Waals surface area contributed by atoms with Gasteiger partial charge in [-0.2, -0.15) is 0 Å². The van der Waals surface area contributed by atoms with Gasteiger partial charge in [-0.1, -0.05) is 23.7 Å². The molecule has 0 unspecified atom stereocenters. The summed E-state index contributed by atoms with van der Waals surface area (Å²) in [4.78, 5) is 35.2. The normalized spacial score (nSPS) is 12.6. The van der Waals surface area contributed by atoms with Crippen molar-refractivity contribution < 1.29 is 19.1 Å². The molecule has 1 atom stereocenters. The lowest BCUT2D eigenvalue weighted by Gasteiger charge is -2.21. The molecule has 0 aliphatic rings. The van der Waals surface area contributed by atoms with Crippen molar-refractivity contribution in [3.8, 4) is 0 Å². The lowest BCUT2D eigenvalue weighted by atomic mass is 10.1. The summed E-state index contributed by atoms with van der Waals surface area (Å²) in [5, 5.41) is 5.29. The van der Waals surface area contributed by atoms with Gasteiger partial charge in [0, 0.05) is 16.6 Å². The number of rotatable bonds is 4. The predicted octanol–water partition coefficient (Wildman–Crippen LogP) is 3.22. The van der Waals surface area contributed by atoms with Gasteiger partial charge in [0.1, 0.15) is 0 Å². The van der Waals surface area contributed by atoms with Gasteiger partial charge in [-0.3, -0.25) is 10.1 Å². The first-order valence-corrected chi connectivity index (χ1v) is 8.13. The van der Waals surface area contributed by atoms with Crippen LogP contribution in [0, 0.1) is 6.92 Å². The average Bonchev–Trinajstić information content (AvgIpc) is 2.46. The number of urea groups is 1. The third-order valence-corrected chi connectivity index (χ3v) is 3.40. The van der Waals surface area contributed by atoms with Crippen molar-refractivity contribution in [1.29, 1.82) is 0 Å². The van der Waals surface area contributed by atoms with Crippen molar-refractivity contribution in [2.45, 2.75) is 46.3 Å². The van der Waals surface area contributed by atoms with Crippen LogP contribution in [0.15, 0.2) is 24.3 Å². The number of hydrogen-bond acceptors (Lipinski definition) is 4. The summed E-state index contributed by atoms with van der Waals surface area (Å²) in [6, 6.07) is 4.70. The van der Waals surface area contributed by atoms with Crippen molar-refractivity contribution in [2.75, 3.05) is 0 Å². The number of hydrogen-bond donors (Lipinski definition) is 2. The molecule has 1 rings (SSSR count). The van der Waals surface area contributed by atoms with E-state index in [1.165, 1.54) is 19.1 Å². The van der Waals surface area contributed by atoms with Crippen LogP contribution in [-0.4, -0.2) is 29.6 Å². The van der Waals surface area contributed by atoms with Gasteiger partial charge in [-0.25, -0.2) is 9.59 Å². The highest BCUT2D eigenvalue weighted by Gasteiger charge is 2.21. The van der Waals surface area contributed by atoms with Crippen molar-refractivity contribution in [1.82, 2.24) is 10.6 Å². The van der Waals surface area contributed by atoms with E-state index in [4.69, 9.17) is 16.3 Å². The highest BCUT2D eigenvalue weighted by molar-refractivity contribution is 6.31. The lowest BCUT2D eigenvalue weighted by Crippen LogP contribution is -2.50. The van der Waals surface area contributed by atoms with Gasteiger partial charge < -0.3 is 10.1 Å². The Morgan fingerprint density at radius 1 is 1.24 bits per heavy atom. The number of carbonyl (C=O) groups is 3. The van der Waals surface area contributed by atoms with Gasteiger partial charge >= 0.3 is 12.0 Å². The van der Waals surface area contributed by atoms with E-state index in [1.807, 2.05) is 13.0 Å². The van der Waals surface area contributed by atoms with E-state index in [9.17, 15) is 14.4 Å². The van der Waals surface area contributed by atoms with E-state index >= 15 is 0 Å². The maximum atomic E-state index is 11.8. The third-order valence-electron chi connectivity index (χ3n) is 3.00. The first-order valence-electron chi connectivity index (χ1n) is 7.76. The molecule has 0 heterocycles. The fourth-order valence-corrected chi connectivity index (χ4v) is 1.92. The molecule has 7 heteroatoms. The number of nitrogens with one attached hydrogen (secondary N) is 2. The Labute approximate surface area is 152 Å². The molecular weight excluding hydrogens is 344 g/mol. The standard InChI is InChI=1S/C18H23ClN2O4/c1-11-6-7-13(10-14(11)19)8-9-15(22)25-12(2)16(23)20-17(24)21-18(3,4)5/h6-10,12H,1-5H3,(H2,20,21,23,24)/b9-8+/t12-/m0/s1. The largest absolute Gasteiger partial charge is 0.449 e. The van der Waals surface area contributed by atoms with Crippen molar-refractivity contribution in [3.05, 3.63) is 40.4 Å². The molecule has 0 saturated carbocycles. The molecule has 0 radical (unpaired) electrons. The second-order valence-corrected chi connectivity index (χ2v) is 7.02. The number of imide groups is 1. The number of aryl methyl sites for hydroxylation is 1. The summed E-state index contributed by atoms with van der Waals surface area (Å²) in [7, 11) is 0. The van der Waals surface area contributed by atoms with Gasteiger partial charge in [0.2, 0.25) is 0 Å². The Morgan fingerprint density at radius 2 is 1.88 bits per heavy atom. The summed E-state index contributed by atoms with van der Waals surface area (Å²) in [6.45, 7) is 8.60. The zero-order valence-corrected chi connectivity index (χ0v) is 15.7. The van der Waals surface area contributed by atoms with E-state index in [0.717, 1.165) is 11.1 Å². The minimum atomic E-state index is -1.11. The maximum absolute atomic E-state index is 11.8. The molecule has 136 valence electrons. The first-order chi connectivity index (χ1) is 11.5. The van der Waals surface area contributed by atoms with E-state index in [0.29, 0.717) is 5.02 Å². The molecular formula is C18H23ClN2O4. The van der Waals surface area contributed by atoms with Crippen LogP contribution >= 0.6 is 11.6 Å². The van der Waals surface area contributed by atoms with Gasteiger partial charge in [-0.05, 0) is 57.9 Å². The molecule has 0 bridgehead atoms. The average molecular weight is 367 g/mol. The molecule has 2 N–H and O–H groups in total. The number of amides is 3. The van der Waals surface area contributed by atoms with E-state index in [2.05, 4.69) is 10.6 Å². The topological polar surface area (TPSA) is 84.5 Å². The summed E-state index contributed by atoms with van der Waals surface area (Å²) in [5.74, 6) is -1.41. The van der Waals surface area contributed by atoms with Crippen LogP contribution in [0.1, 0.15) is 38.8 Å². The Bertz CT molecular complexity index is 693. The van der Waals surface area contributed by atoms with Crippen LogP contribution in [0.2, 0.25) is 5.02 Å². The number of benzene rings is 1. The van der Waals surface area contributed by atoms with Crippen LogP contribution in [0.25, 0.3) is 6.08 Å². The number of halogens is 1. The molecule has 0 fully saturated rings. The first kappa shape index (κ1) is 20.7. The van der Waals surface area contributed by atoms with Crippen LogP contribution in [-0.2, 0) is 14.3 Å². The summed E-state index contributed by atoms with van der Waals surface area (Å²) < 4.78 is 4.97. The van der Waals surface area contributed by atoms with Gasteiger partial charge in [0.25, 0.3) is 5.91 Å². The number of esters is 1. The zero-order chi connectivity index (χ0) is 19.2. The molecule has 0 saturated heterocycles. The Kier molecular flexibility index (Phi) is 7.18. The molecule has 3 amide bonds. The molecule has 0 spiro atoms. The lowest BCUT2D eigenvalue weighted by molar-refractivity contribution is -0.149. The molecule has 1 aromatic rings. The summed E-state index contributed by atoms with van der Waals surface area (Å²) in [6.07, 6.45) is 1.62. The number of carbonyl (C=O) groups excluding carboxylic acids is 3. The fraction of sp³-hybridized carbons (Fsp3) is 0.389. The quantitative estimate of drug-likeness (QED) is 0.633. The summed E-state index contributed by atoms with van der Waals surface area (Å²) in [5.41, 5.74) is 1.18. The molecule has 1 aromatic carbocycles. The van der Waals surface area contributed by atoms with Crippen molar-refractivity contribution in [2.24, 2.45) is 0 Å². The second-order valence-electron chi connectivity index (χ2n) is 6.61. The maximum Gasteiger partial charge on any atom is 0.331 e. The minimum absolute atomic E-state index is 0.484. The highest BCUT2D eigenvalue weighted by Crippen LogP contribution is 2.17. The molecule has 0 aliphatic heterocycles. The monoisotopic (exact) mass is 366 g/mol. The molecule has 0 aliphatic carbocycles. The minimum Gasteiger partial charge on any atom is -0.449 e. The SMILES string of the molecule is Cc1ccc(/C=C/C(=O)O[C@@H](C)C(=O)NC(=O)NC(C)(C)C)cc1Cl. The Morgan fingerprint density at radius 3 is 2.44 bits per heavy atom. The van der Waals surface area contributed by atoms with E-state index < -0.39 is 29.6 Å². The summed E-state index contributed by atoms with van der Waals surface area (Å²) >= 11 is 6.01. The highest BCUT2D eigenvalue weighted by atomic mass is 35.5. The van der Waals surface area contributed by atoms with Gasteiger partial charge in [-0.15, -0.1) is 0 Å². The van der Waals surface area contributed by atoms with E-state index in [-0.39, 0.29) is 0 Å². The zero-order valence-electron chi connectivity index (χ0n) is 15.0. The van der Waals surface area contributed by atoms with Crippen LogP contribution in [0.4, 0.5) is 4.79 Å². The Hall–Kier alpha value is -2.34. The molecule has 25 heavy (non-hydrogen) atoms. The van der Waals surface area contributed by atoms with E-state index in [1.54, 1.807) is 32.9 Å². The smallest absolute Gasteiger partial charge is 0.331 e. The van der Waals surface area contributed by atoms with Crippen molar-refractivity contribution in [3.63, 3.8) is 0 Å². The fourth-order valence-electron chi connectivity index (χ4n) is 1.73. The Balaban J connectivity index is 2.55. The predicted molar refractivity (Wildman–Crippen MR) is 97.2 cm³/mol. The number of ether oxygens (including phenoxy) is 1. The van der Waals surface area contributed by atoms with Crippen LogP contribution in [0.3, 0.4) is 0 Å².